The average molecular weight is 239 g/mol. The fourth-order valence-electron chi connectivity index (χ4n) is 2.90. The second-order valence-corrected chi connectivity index (χ2v) is 5.83. The lowest BCUT2D eigenvalue weighted by molar-refractivity contribution is 0.0927. The smallest absolute Gasteiger partial charge is 0.0220 e. The van der Waals surface area contributed by atoms with Crippen molar-refractivity contribution in [1.29, 1.82) is 0 Å². The van der Waals surface area contributed by atoms with E-state index in [1.165, 1.54) is 52.0 Å². The van der Waals surface area contributed by atoms with Gasteiger partial charge in [-0.3, -0.25) is 9.80 Å². The number of rotatable bonds is 6. The minimum Gasteiger partial charge on any atom is -0.315 e. The van der Waals surface area contributed by atoms with Gasteiger partial charge in [0.2, 0.25) is 0 Å². The van der Waals surface area contributed by atoms with Crippen LogP contribution in [0.5, 0.6) is 0 Å². The van der Waals surface area contributed by atoms with Gasteiger partial charge < -0.3 is 5.32 Å². The third-order valence-electron chi connectivity index (χ3n) is 4.64. The fraction of sp³-hybridized carbons (Fsp3) is 1.00. The van der Waals surface area contributed by atoms with E-state index in [0.29, 0.717) is 0 Å². The van der Waals surface area contributed by atoms with Crippen molar-refractivity contribution in [1.82, 2.24) is 15.1 Å². The maximum absolute atomic E-state index is 3.50. The van der Waals surface area contributed by atoms with Crippen LogP contribution in [-0.4, -0.2) is 61.7 Å². The molecule has 2 rings (SSSR count). The molecule has 3 heteroatoms. The first-order chi connectivity index (χ1) is 8.24. The Morgan fingerprint density at radius 1 is 1.18 bits per heavy atom. The van der Waals surface area contributed by atoms with Crippen LogP contribution in [-0.2, 0) is 0 Å². The predicted molar refractivity (Wildman–Crippen MR) is 73.3 cm³/mol. The van der Waals surface area contributed by atoms with Crippen molar-refractivity contribution in [2.24, 2.45) is 5.92 Å². The third kappa shape index (κ3) is 3.67. The van der Waals surface area contributed by atoms with Crippen LogP contribution in [0.2, 0.25) is 0 Å². The first kappa shape index (κ1) is 13.3. The Morgan fingerprint density at radius 2 is 1.82 bits per heavy atom. The molecule has 100 valence electrons. The summed E-state index contributed by atoms with van der Waals surface area (Å²) in [6.45, 7) is 10.9. The van der Waals surface area contributed by atoms with Gasteiger partial charge >= 0.3 is 0 Å². The molecular weight excluding hydrogens is 210 g/mol. The van der Waals surface area contributed by atoms with Crippen molar-refractivity contribution in [3.05, 3.63) is 0 Å². The van der Waals surface area contributed by atoms with Gasteiger partial charge in [-0.05, 0) is 39.2 Å². The zero-order chi connectivity index (χ0) is 12.3. The standard InChI is InChI=1S/C14H29N3/c1-4-12(2)17-9-7-16(8-10-17)11-14(15-3)13-5-6-13/h12-15H,4-11H2,1-3H3. The minimum absolute atomic E-state index is 0.741. The van der Waals surface area contributed by atoms with Gasteiger partial charge in [-0.15, -0.1) is 0 Å². The van der Waals surface area contributed by atoms with Crippen LogP contribution in [0.3, 0.4) is 0 Å². The van der Waals surface area contributed by atoms with E-state index in [-0.39, 0.29) is 0 Å². The first-order valence-corrected chi connectivity index (χ1v) is 7.38. The van der Waals surface area contributed by atoms with Gasteiger partial charge in [0.1, 0.15) is 0 Å². The number of hydrogen-bond acceptors (Lipinski definition) is 3. The molecule has 1 saturated carbocycles. The van der Waals surface area contributed by atoms with E-state index in [2.05, 4.69) is 36.0 Å². The Labute approximate surface area is 107 Å². The summed E-state index contributed by atoms with van der Waals surface area (Å²) in [5, 5.41) is 3.50. The molecule has 0 aromatic rings. The molecule has 0 spiro atoms. The van der Waals surface area contributed by atoms with Crippen LogP contribution in [0.4, 0.5) is 0 Å². The monoisotopic (exact) mass is 239 g/mol. The molecule has 2 aliphatic rings. The second kappa shape index (κ2) is 6.17. The molecular formula is C14H29N3. The lowest BCUT2D eigenvalue weighted by Crippen LogP contribution is -2.52. The highest BCUT2D eigenvalue weighted by Crippen LogP contribution is 2.32. The Bertz CT molecular complexity index is 220. The second-order valence-electron chi connectivity index (χ2n) is 5.83. The van der Waals surface area contributed by atoms with Crippen molar-refractivity contribution >= 4 is 0 Å². The zero-order valence-corrected chi connectivity index (χ0v) is 11.8. The van der Waals surface area contributed by atoms with E-state index in [0.717, 1.165) is 18.0 Å². The van der Waals surface area contributed by atoms with Crippen LogP contribution in [0, 0.1) is 5.92 Å². The molecule has 1 heterocycles. The van der Waals surface area contributed by atoms with E-state index in [1.807, 2.05) is 0 Å². The lowest BCUT2D eigenvalue weighted by atomic mass is 10.1. The molecule has 0 bridgehead atoms. The summed E-state index contributed by atoms with van der Waals surface area (Å²) in [5.74, 6) is 0.965. The van der Waals surface area contributed by atoms with Crippen molar-refractivity contribution in [2.45, 2.75) is 45.2 Å². The number of likely N-dealkylation sites (N-methyl/N-ethyl adjacent to an activating group) is 1. The summed E-state index contributed by atoms with van der Waals surface area (Å²) in [6.07, 6.45) is 4.16. The van der Waals surface area contributed by atoms with Gasteiger partial charge in [-0.2, -0.15) is 0 Å². The molecule has 2 atom stereocenters. The van der Waals surface area contributed by atoms with Crippen LogP contribution in [0.25, 0.3) is 0 Å². The quantitative estimate of drug-likeness (QED) is 0.756. The molecule has 1 aliphatic heterocycles. The molecule has 1 saturated heterocycles. The molecule has 17 heavy (non-hydrogen) atoms. The van der Waals surface area contributed by atoms with Crippen molar-refractivity contribution in [3.63, 3.8) is 0 Å². The fourth-order valence-corrected chi connectivity index (χ4v) is 2.90. The van der Waals surface area contributed by atoms with Gasteiger partial charge in [0, 0.05) is 44.8 Å². The maximum atomic E-state index is 3.50. The summed E-state index contributed by atoms with van der Waals surface area (Å²) in [6, 6.07) is 1.51. The lowest BCUT2D eigenvalue weighted by Gasteiger charge is -2.39. The minimum atomic E-state index is 0.741. The molecule has 1 aliphatic carbocycles. The van der Waals surface area contributed by atoms with E-state index in [9.17, 15) is 0 Å². The van der Waals surface area contributed by atoms with Crippen molar-refractivity contribution in [2.75, 3.05) is 39.8 Å². The predicted octanol–water partition coefficient (Wildman–Crippen LogP) is 1.40. The third-order valence-corrected chi connectivity index (χ3v) is 4.64. The molecule has 0 amide bonds. The van der Waals surface area contributed by atoms with Gasteiger partial charge in [-0.1, -0.05) is 6.92 Å². The highest BCUT2D eigenvalue weighted by molar-refractivity contribution is 4.89. The summed E-state index contributed by atoms with van der Waals surface area (Å²) in [4.78, 5) is 5.29. The van der Waals surface area contributed by atoms with Gasteiger partial charge in [0.25, 0.3) is 0 Å². The Balaban J connectivity index is 1.71. The Hall–Kier alpha value is -0.120. The van der Waals surface area contributed by atoms with E-state index in [1.54, 1.807) is 0 Å². The SMILES string of the molecule is CCC(C)N1CCN(CC(NC)C2CC2)CC1. The normalized spacial score (nSPS) is 27.0. The summed E-state index contributed by atoms with van der Waals surface area (Å²) in [7, 11) is 2.12. The van der Waals surface area contributed by atoms with Crippen LogP contribution >= 0.6 is 0 Å². The number of piperazine rings is 1. The first-order valence-electron chi connectivity index (χ1n) is 7.38. The van der Waals surface area contributed by atoms with Crippen molar-refractivity contribution in [3.8, 4) is 0 Å². The largest absolute Gasteiger partial charge is 0.315 e. The Kier molecular flexibility index (Phi) is 4.83. The summed E-state index contributed by atoms with van der Waals surface area (Å²) >= 11 is 0. The molecule has 0 aromatic carbocycles. The van der Waals surface area contributed by atoms with E-state index >= 15 is 0 Å². The van der Waals surface area contributed by atoms with E-state index < -0.39 is 0 Å². The summed E-state index contributed by atoms with van der Waals surface area (Å²) in [5.41, 5.74) is 0. The molecule has 1 N–H and O–H groups in total. The zero-order valence-electron chi connectivity index (χ0n) is 11.8. The average Bonchev–Trinajstić information content (AvgIpc) is 3.20. The number of nitrogens with zero attached hydrogens (tertiary/aromatic N) is 2. The molecule has 0 radical (unpaired) electrons. The van der Waals surface area contributed by atoms with E-state index in [4.69, 9.17) is 0 Å². The summed E-state index contributed by atoms with van der Waals surface area (Å²) < 4.78 is 0. The number of hydrogen-bond donors (Lipinski definition) is 1. The molecule has 2 unspecified atom stereocenters. The maximum Gasteiger partial charge on any atom is 0.0220 e. The van der Waals surface area contributed by atoms with Crippen LogP contribution < -0.4 is 5.32 Å². The van der Waals surface area contributed by atoms with Crippen molar-refractivity contribution < 1.29 is 0 Å². The van der Waals surface area contributed by atoms with Gasteiger partial charge in [0.05, 0.1) is 0 Å². The topological polar surface area (TPSA) is 18.5 Å². The Morgan fingerprint density at radius 3 is 2.29 bits per heavy atom. The molecule has 3 nitrogen and oxygen atoms in total. The molecule has 2 fully saturated rings. The highest BCUT2D eigenvalue weighted by Gasteiger charge is 2.32. The number of nitrogens with one attached hydrogen (secondary N) is 1. The van der Waals surface area contributed by atoms with Gasteiger partial charge in [0.15, 0.2) is 0 Å². The highest BCUT2D eigenvalue weighted by atomic mass is 15.3. The molecule has 0 aromatic heterocycles. The van der Waals surface area contributed by atoms with Gasteiger partial charge in [-0.25, -0.2) is 0 Å². The van der Waals surface area contributed by atoms with Crippen LogP contribution in [0.1, 0.15) is 33.1 Å². The van der Waals surface area contributed by atoms with Crippen LogP contribution in [0.15, 0.2) is 0 Å².